The van der Waals surface area contributed by atoms with Crippen molar-refractivity contribution in [2.45, 2.75) is 122 Å². The summed E-state index contributed by atoms with van der Waals surface area (Å²) in [6.45, 7) is 14.3. The maximum Gasteiger partial charge on any atom is 0.406 e. The minimum Gasteiger partial charge on any atom is -0.464 e. The second-order valence-electron chi connectivity index (χ2n) is 21.5. The number of fused-ring (bicyclic) bond motifs is 6. The molecule has 5 amide bonds. The summed E-state index contributed by atoms with van der Waals surface area (Å²) in [5, 5.41) is 5.08. The van der Waals surface area contributed by atoms with Gasteiger partial charge in [0.25, 0.3) is 5.91 Å². The van der Waals surface area contributed by atoms with Crippen molar-refractivity contribution < 1.29 is 51.4 Å². The van der Waals surface area contributed by atoms with Gasteiger partial charge in [0.05, 0.1) is 36.2 Å². The van der Waals surface area contributed by atoms with Gasteiger partial charge in [0, 0.05) is 75.0 Å². The first kappa shape index (κ1) is 52.7. The maximum atomic E-state index is 14.7. The first-order valence-corrected chi connectivity index (χ1v) is 25.1. The Kier molecular flexibility index (Phi) is 15.5. The number of urea groups is 1. The van der Waals surface area contributed by atoms with Crippen molar-refractivity contribution in [1.29, 1.82) is 0 Å². The first-order chi connectivity index (χ1) is 34.1. The van der Waals surface area contributed by atoms with Crippen molar-refractivity contribution in [3.05, 3.63) is 66.0 Å². The molecule has 7 heterocycles. The van der Waals surface area contributed by atoms with E-state index < -0.39 is 65.8 Å². The van der Waals surface area contributed by atoms with E-state index in [1.807, 2.05) is 39.8 Å². The third-order valence-corrected chi connectivity index (χ3v) is 15.2. The lowest BCUT2D eigenvalue weighted by Crippen LogP contribution is -2.64. The van der Waals surface area contributed by atoms with E-state index in [1.54, 1.807) is 48.2 Å². The number of likely N-dealkylation sites (N-methyl/N-ethyl adjacent to an activating group) is 1. The topological polar surface area (TPSA) is 171 Å². The Hall–Kier alpha value is -5.57. The van der Waals surface area contributed by atoms with E-state index in [1.165, 1.54) is 27.7 Å². The number of cyclic esters (lactones) is 1. The predicted octanol–water partition coefficient (Wildman–Crippen LogP) is 5.78. The normalized spacial score (nSPS) is 24.5. The van der Waals surface area contributed by atoms with Gasteiger partial charge in [-0.1, -0.05) is 40.3 Å². The number of nitrogens with one attached hydrogen (secondary N) is 2. The Morgan fingerprint density at radius 1 is 1.06 bits per heavy atom. The van der Waals surface area contributed by atoms with E-state index in [2.05, 4.69) is 27.2 Å². The van der Waals surface area contributed by atoms with Crippen LogP contribution in [-0.2, 0) is 46.4 Å². The molecule has 2 N–H and O–H groups in total. The SMILES string of the molecule is C=CC(=O)N1COC2(CCN(C(=O)N(C)[C@H](C(=O)N[C@H]3CN4CCC(C4)c4ccc5c(c4)c(c(-c4cccnc4[C@H](C)OC)n5CC(F)(F)F)CC(C)(C)COC(=O)[C@@H]4CCCN(N4)C3=O)C(C)C)CC2)C1. The van der Waals surface area contributed by atoms with Crippen LogP contribution in [0.1, 0.15) is 95.6 Å². The van der Waals surface area contributed by atoms with Crippen LogP contribution in [-0.4, -0.2) is 167 Å². The molecule has 2 unspecified atom stereocenters. The van der Waals surface area contributed by atoms with Crippen LogP contribution < -0.4 is 10.7 Å². The van der Waals surface area contributed by atoms with Gasteiger partial charge in [0.2, 0.25) is 11.8 Å². The Morgan fingerprint density at radius 2 is 1.81 bits per heavy atom. The van der Waals surface area contributed by atoms with Crippen LogP contribution in [0.15, 0.2) is 49.2 Å². The minimum atomic E-state index is -4.57. The predicted molar refractivity (Wildman–Crippen MR) is 262 cm³/mol. The van der Waals surface area contributed by atoms with Crippen LogP contribution in [0.4, 0.5) is 18.0 Å². The zero-order valence-corrected chi connectivity index (χ0v) is 42.6. The molecule has 5 aliphatic heterocycles. The Labute approximate surface area is 419 Å². The molecule has 0 aliphatic carbocycles. The molecule has 4 saturated heterocycles. The fraction of sp³-hybridized carbons (Fsp3) is 0.615. The summed E-state index contributed by atoms with van der Waals surface area (Å²) >= 11 is 0. The average molecular weight is 1010 g/mol. The summed E-state index contributed by atoms with van der Waals surface area (Å²) in [4.78, 5) is 81.2. The number of hydrogen-bond donors (Lipinski definition) is 2. The quantitative estimate of drug-likeness (QED) is 0.197. The standard InChI is InChI=1S/C52H70F3N9O8/c1-9-42(65)62-28-51(72-31-62)17-22-61(23-18-51)49(69)59(7)44(32(2)3)46(66)57-40-27-60-21-16-35(26-60)34-14-15-41-37(24-34)38(25-50(5,6)30-71-48(68)39-13-11-20-64(58-39)47(40)67)45(63(41)29-52(53,54)55)36-12-10-19-56-43(36)33(4)70-8/h9-10,12,14-15,19,24,32-33,35,39-40,44,58H,1,11,13,16-18,20-23,25-31H2,2-8H3,(H,57,66)/t33-,35?,39-,40-,44-/m0/s1. The summed E-state index contributed by atoms with van der Waals surface area (Å²) in [6, 6.07) is 5.83. The van der Waals surface area contributed by atoms with Gasteiger partial charge < -0.3 is 43.7 Å². The second kappa shape index (κ2) is 21.1. The molecule has 8 rings (SSSR count). The first-order valence-electron chi connectivity index (χ1n) is 25.1. The molecule has 6 bridgehead atoms. The number of aromatic nitrogens is 2. The number of ether oxygens (including phenoxy) is 3. The molecule has 17 nitrogen and oxygen atoms in total. The van der Waals surface area contributed by atoms with Gasteiger partial charge >= 0.3 is 18.2 Å². The fourth-order valence-electron chi connectivity index (χ4n) is 11.4. The Balaban J connectivity index is 1.10. The highest BCUT2D eigenvalue weighted by Crippen LogP contribution is 2.43. The number of alkyl halides is 3. The smallest absolute Gasteiger partial charge is 0.406 e. The molecule has 4 fully saturated rings. The molecule has 5 aliphatic rings. The summed E-state index contributed by atoms with van der Waals surface area (Å²) in [7, 11) is 3.12. The molecular formula is C52H70F3N9O8. The molecule has 72 heavy (non-hydrogen) atoms. The number of pyridine rings is 1. The van der Waals surface area contributed by atoms with Crippen molar-refractivity contribution in [3.63, 3.8) is 0 Å². The second-order valence-corrected chi connectivity index (χ2v) is 21.5. The van der Waals surface area contributed by atoms with Gasteiger partial charge in [0.1, 0.15) is 31.4 Å². The van der Waals surface area contributed by atoms with E-state index in [0.29, 0.717) is 98.2 Å². The number of nitrogens with zero attached hydrogens (tertiary/aromatic N) is 7. The number of methoxy groups -OCH3 is 1. The number of esters is 1. The lowest BCUT2D eigenvalue weighted by molar-refractivity contribution is -0.155. The zero-order chi connectivity index (χ0) is 51.9. The molecule has 0 radical (unpaired) electrons. The number of carbonyl (C=O) groups excluding carboxylic acids is 5. The van der Waals surface area contributed by atoms with Crippen LogP contribution in [0, 0.1) is 11.3 Å². The molecular weight excluding hydrogens is 936 g/mol. The highest BCUT2D eigenvalue weighted by atomic mass is 19.4. The largest absolute Gasteiger partial charge is 0.464 e. The van der Waals surface area contributed by atoms with E-state index in [4.69, 9.17) is 14.2 Å². The third kappa shape index (κ3) is 11.2. The van der Waals surface area contributed by atoms with Gasteiger partial charge in [-0.3, -0.25) is 29.2 Å². The van der Waals surface area contributed by atoms with Crippen LogP contribution in [0.2, 0.25) is 0 Å². The zero-order valence-electron chi connectivity index (χ0n) is 42.6. The molecule has 2 aromatic heterocycles. The van der Waals surface area contributed by atoms with Crippen molar-refractivity contribution in [3.8, 4) is 11.3 Å². The number of benzene rings is 1. The molecule has 3 aromatic rings. The van der Waals surface area contributed by atoms with Gasteiger partial charge in [-0.2, -0.15) is 13.2 Å². The molecule has 1 aromatic carbocycles. The van der Waals surface area contributed by atoms with Crippen LogP contribution >= 0.6 is 0 Å². The van der Waals surface area contributed by atoms with Crippen molar-refractivity contribution in [2.24, 2.45) is 11.3 Å². The molecule has 1 spiro atoms. The van der Waals surface area contributed by atoms with E-state index in [0.717, 1.165) is 5.56 Å². The number of piperidine rings is 1. The number of halogens is 3. The minimum absolute atomic E-state index is 0.0630. The molecule has 392 valence electrons. The summed E-state index contributed by atoms with van der Waals surface area (Å²) in [6.07, 6.45) is 0.555. The molecule has 0 saturated carbocycles. The summed E-state index contributed by atoms with van der Waals surface area (Å²) < 4.78 is 63.2. The number of hydrogen-bond acceptors (Lipinski definition) is 11. The maximum absolute atomic E-state index is 14.7. The number of carbonyl (C=O) groups is 5. The van der Waals surface area contributed by atoms with Crippen molar-refractivity contribution >= 4 is 40.6 Å². The average Bonchev–Trinajstić information content (AvgIpc) is 4.07. The molecule has 6 atom stereocenters. The van der Waals surface area contributed by atoms with Gasteiger partial charge in [-0.15, -0.1) is 0 Å². The lowest BCUT2D eigenvalue weighted by atomic mass is 9.84. The van der Waals surface area contributed by atoms with Crippen molar-refractivity contribution in [1.82, 2.24) is 44.9 Å². The van der Waals surface area contributed by atoms with Gasteiger partial charge in [-0.05, 0) is 105 Å². The number of amides is 5. The summed E-state index contributed by atoms with van der Waals surface area (Å²) in [5.74, 6) is -2.16. The number of hydrazine groups is 1. The van der Waals surface area contributed by atoms with E-state index >= 15 is 0 Å². The number of likely N-dealkylation sites (tertiary alicyclic amines) is 1. The van der Waals surface area contributed by atoms with E-state index in [-0.39, 0.29) is 56.6 Å². The molecule has 20 heteroatoms. The van der Waals surface area contributed by atoms with Gasteiger partial charge in [0.15, 0.2) is 0 Å². The Bertz CT molecular complexity index is 2540. The van der Waals surface area contributed by atoms with Crippen molar-refractivity contribution in [2.75, 3.05) is 73.3 Å². The fourth-order valence-corrected chi connectivity index (χ4v) is 11.4. The highest BCUT2D eigenvalue weighted by molar-refractivity contribution is 5.94. The van der Waals surface area contributed by atoms with Crippen LogP contribution in [0.3, 0.4) is 0 Å². The summed E-state index contributed by atoms with van der Waals surface area (Å²) in [5.41, 5.74) is 5.13. The van der Waals surface area contributed by atoms with Crippen LogP contribution in [0.25, 0.3) is 22.2 Å². The Morgan fingerprint density at radius 3 is 2.50 bits per heavy atom. The monoisotopic (exact) mass is 1010 g/mol. The van der Waals surface area contributed by atoms with Gasteiger partial charge in [-0.25, -0.2) is 10.2 Å². The van der Waals surface area contributed by atoms with E-state index in [9.17, 15) is 37.1 Å². The van der Waals surface area contributed by atoms with Crippen LogP contribution in [0.5, 0.6) is 0 Å². The number of rotatable bonds is 9. The lowest BCUT2D eigenvalue weighted by Gasteiger charge is -2.41. The highest BCUT2D eigenvalue weighted by Gasteiger charge is 2.46. The third-order valence-electron chi connectivity index (χ3n) is 15.2.